The fourth-order valence-electron chi connectivity index (χ4n) is 2.91. The van der Waals surface area contributed by atoms with Gasteiger partial charge in [-0.05, 0) is 46.0 Å². The quantitative estimate of drug-likeness (QED) is 0.835. The van der Waals surface area contributed by atoms with Crippen molar-refractivity contribution in [3.63, 3.8) is 0 Å². The van der Waals surface area contributed by atoms with Crippen LogP contribution in [0.4, 0.5) is 5.13 Å². The number of nitrogens with zero attached hydrogens (tertiary/aromatic N) is 2. The lowest BCUT2D eigenvalue weighted by Crippen LogP contribution is -2.31. The summed E-state index contributed by atoms with van der Waals surface area (Å²) in [6.07, 6.45) is 4.21. The number of aromatic carboxylic acids is 1. The minimum atomic E-state index is -0.940. The Hall–Kier alpha value is -1.63. The molecule has 1 saturated heterocycles. The summed E-state index contributed by atoms with van der Waals surface area (Å²) in [6.45, 7) is 9.22. The maximum Gasteiger partial charge on any atom is 0.347 e. The summed E-state index contributed by atoms with van der Waals surface area (Å²) in [7, 11) is 0. The summed E-state index contributed by atoms with van der Waals surface area (Å²) in [5, 5.41) is 9.77. The van der Waals surface area contributed by atoms with Crippen molar-refractivity contribution < 1.29 is 19.4 Å². The highest BCUT2D eigenvalue weighted by Crippen LogP contribution is 2.31. The first-order chi connectivity index (χ1) is 11.2. The fourth-order valence-corrected chi connectivity index (χ4v) is 3.72. The Kier molecular flexibility index (Phi) is 5.85. The van der Waals surface area contributed by atoms with Crippen molar-refractivity contribution in [1.29, 1.82) is 0 Å². The summed E-state index contributed by atoms with van der Waals surface area (Å²) in [5.41, 5.74) is -0.462. The Labute approximate surface area is 146 Å². The molecule has 0 bridgehead atoms. The van der Waals surface area contributed by atoms with Gasteiger partial charge in [0.25, 0.3) is 0 Å². The van der Waals surface area contributed by atoms with Crippen LogP contribution in [-0.2, 0) is 9.53 Å². The van der Waals surface area contributed by atoms with Gasteiger partial charge in [-0.3, -0.25) is 4.79 Å². The number of hydrogen-bond donors (Lipinski definition) is 1. The van der Waals surface area contributed by atoms with Gasteiger partial charge in [-0.15, -0.1) is 0 Å². The Morgan fingerprint density at radius 2 is 2.08 bits per heavy atom. The van der Waals surface area contributed by atoms with E-state index in [0.717, 1.165) is 37.5 Å². The van der Waals surface area contributed by atoms with Crippen molar-refractivity contribution in [3.05, 3.63) is 11.1 Å². The van der Waals surface area contributed by atoms with Crippen molar-refractivity contribution >= 4 is 28.4 Å². The van der Waals surface area contributed by atoms with Crippen LogP contribution in [0.15, 0.2) is 6.20 Å². The van der Waals surface area contributed by atoms with E-state index in [1.807, 2.05) is 27.7 Å². The van der Waals surface area contributed by atoms with E-state index in [2.05, 4.69) is 9.88 Å². The molecule has 6 nitrogen and oxygen atoms in total. The van der Waals surface area contributed by atoms with Gasteiger partial charge in [-0.25, -0.2) is 9.78 Å². The summed E-state index contributed by atoms with van der Waals surface area (Å²) >= 11 is 1.20. The van der Waals surface area contributed by atoms with Gasteiger partial charge in [0, 0.05) is 13.1 Å². The summed E-state index contributed by atoms with van der Waals surface area (Å²) in [6, 6.07) is 0. The van der Waals surface area contributed by atoms with E-state index in [9.17, 15) is 9.59 Å². The van der Waals surface area contributed by atoms with Gasteiger partial charge < -0.3 is 14.7 Å². The van der Waals surface area contributed by atoms with Gasteiger partial charge in [0.05, 0.1) is 12.1 Å². The molecule has 0 aliphatic carbocycles. The largest absolute Gasteiger partial charge is 0.477 e. The zero-order chi connectivity index (χ0) is 17.9. The van der Waals surface area contributed by atoms with Crippen LogP contribution in [0.25, 0.3) is 0 Å². The van der Waals surface area contributed by atoms with Crippen LogP contribution in [0.5, 0.6) is 0 Å². The fraction of sp³-hybridized carbons (Fsp3) is 0.706. The summed E-state index contributed by atoms with van der Waals surface area (Å²) in [5.74, 6) is -0.924. The number of thiazole rings is 1. The molecule has 1 fully saturated rings. The van der Waals surface area contributed by atoms with Gasteiger partial charge in [0.1, 0.15) is 10.5 Å². The summed E-state index contributed by atoms with van der Waals surface area (Å²) in [4.78, 5) is 29.9. The number of ether oxygens (including phenoxy) is 1. The van der Waals surface area contributed by atoms with E-state index >= 15 is 0 Å². The van der Waals surface area contributed by atoms with Crippen LogP contribution in [0.3, 0.4) is 0 Å². The molecule has 0 radical (unpaired) electrons. The maximum absolute atomic E-state index is 12.3. The molecule has 24 heavy (non-hydrogen) atoms. The SMILES string of the molecule is CC(C(=O)OC(C)(C)C)C1CCCN(c2ncc(C(=O)O)s2)CC1. The third kappa shape index (κ3) is 4.93. The number of rotatable bonds is 4. The lowest BCUT2D eigenvalue weighted by atomic mass is 9.87. The lowest BCUT2D eigenvalue weighted by Gasteiger charge is -2.26. The third-order valence-corrected chi connectivity index (χ3v) is 5.28. The molecule has 134 valence electrons. The number of aromatic nitrogens is 1. The first kappa shape index (κ1) is 18.7. The second kappa shape index (κ2) is 7.51. The summed E-state index contributed by atoms with van der Waals surface area (Å²) < 4.78 is 5.51. The van der Waals surface area contributed by atoms with Crippen LogP contribution in [0.1, 0.15) is 56.6 Å². The highest BCUT2D eigenvalue weighted by molar-refractivity contribution is 7.17. The molecule has 0 saturated carbocycles. The molecule has 2 rings (SSSR count). The average Bonchev–Trinajstić information content (AvgIpc) is 2.84. The zero-order valence-electron chi connectivity index (χ0n) is 14.7. The number of carbonyl (C=O) groups excluding carboxylic acids is 1. The molecular formula is C17H26N2O4S. The first-order valence-electron chi connectivity index (χ1n) is 8.34. The minimum absolute atomic E-state index is 0.130. The Morgan fingerprint density at radius 1 is 1.38 bits per heavy atom. The Bertz CT molecular complexity index is 594. The monoisotopic (exact) mass is 354 g/mol. The minimum Gasteiger partial charge on any atom is -0.477 e. The predicted molar refractivity (Wildman–Crippen MR) is 93.6 cm³/mol. The molecule has 1 aromatic rings. The molecule has 1 N–H and O–H groups in total. The number of esters is 1. The van der Waals surface area contributed by atoms with E-state index in [0.29, 0.717) is 0 Å². The highest BCUT2D eigenvalue weighted by Gasteiger charge is 2.30. The van der Waals surface area contributed by atoms with E-state index in [1.165, 1.54) is 17.5 Å². The molecule has 0 spiro atoms. The lowest BCUT2D eigenvalue weighted by molar-refractivity contribution is -0.161. The van der Waals surface area contributed by atoms with Gasteiger partial charge in [-0.1, -0.05) is 18.3 Å². The van der Waals surface area contributed by atoms with Crippen molar-refractivity contribution in [2.75, 3.05) is 18.0 Å². The molecule has 2 atom stereocenters. The van der Waals surface area contributed by atoms with Gasteiger partial charge in [0.2, 0.25) is 0 Å². The molecule has 1 aliphatic heterocycles. The van der Waals surface area contributed by atoms with E-state index in [4.69, 9.17) is 9.84 Å². The molecule has 0 amide bonds. The number of anilines is 1. The number of hydrogen-bond acceptors (Lipinski definition) is 6. The second-order valence-electron chi connectivity index (χ2n) is 7.31. The Morgan fingerprint density at radius 3 is 2.67 bits per heavy atom. The third-order valence-electron chi connectivity index (χ3n) is 4.23. The molecule has 0 aromatic carbocycles. The van der Waals surface area contributed by atoms with Crippen LogP contribution >= 0.6 is 11.3 Å². The van der Waals surface area contributed by atoms with E-state index < -0.39 is 11.6 Å². The number of carbonyl (C=O) groups is 2. The van der Waals surface area contributed by atoms with Crippen LogP contribution in [0, 0.1) is 11.8 Å². The number of carboxylic acid groups (broad SMARTS) is 1. The van der Waals surface area contributed by atoms with Crippen LogP contribution in [0.2, 0.25) is 0 Å². The topological polar surface area (TPSA) is 79.7 Å². The molecule has 2 unspecified atom stereocenters. The van der Waals surface area contributed by atoms with Crippen molar-refractivity contribution in [2.45, 2.75) is 52.6 Å². The zero-order valence-corrected chi connectivity index (χ0v) is 15.6. The van der Waals surface area contributed by atoms with Crippen molar-refractivity contribution in [1.82, 2.24) is 4.98 Å². The van der Waals surface area contributed by atoms with Crippen molar-refractivity contribution in [2.24, 2.45) is 11.8 Å². The van der Waals surface area contributed by atoms with Gasteiger partial charge >= 0.3 is 11.9 Å². The smallest absolute Gasteiger partial charge is 0.347 e. The highest BCUT2D eigenvalue weighted by atomic mass is 32.1. The van der Waals surface area contributed by atoms with E-state index in [-0.39, 0.29) is 22.7 Å². The first-order valence-corrected chi connectivity index (χ1v) is 9.16. The number of carboxylic acids is 1. The molecule has 2 heterocycles. The van der Waals surface area contributed by atoms with Crippen LogP contribution < -0.4 is 4.90 Å². The van der Waals surface area contributed by atoms with Crippen LogP contribution in [-0.4, -0.2) is 40.7 Å². The Balaban J connectivity index is 1.96. The normalized spacial score (nSPS) is 20.3. The molecular weight excluding hydrogens is 328 g/mol. The van der Waals surface area contributed by atoms with Crippen molar-refractivity contribution in [3.8, 4) is 0 Å². The molecule has 1 aliphatic rings. The maximum atomic E-state index is 12.3. The standard InChI is InChI=1S/C17H26N2O4S/c1-11(15(22)23-17(2,3)4)12-6-5-8-19(9-7-12)16-18-10-13(24-16)14(20)21/h10-12H,5-9H2,1-4H3,(H,20,21). The molecule has 1 aromatic heterocycles. The predicted octanol–water partition coefficient (Wildman–Crippen LogP) is 3.43. The average molecular weight is 354 g/mol. The van der Waals surface area contributed by atoms with Gasteiger partial charge in [-0.2, -0.15) is 0 Å². The second-order valence-corrected chi connectivity index (χ2v) is 8.32. The molecule has 7 heteroatoms. The van der Waals surface area contributed by atoms with E-state index in [1.54, 1.807) is 0 Å². The van der Waals surface area contributed by atoms with Gasteiger partial charge in [0.15, 0.2) is 5.13 Å².